The number of hydrogen-bond donors (Lipinski definition) is 1. The van der Waals surface area contributed by atoms with Crippen molar-refractivity contribution in [2.45, 2.75) is 4.90 Å². The van der Waals surface area contributed by atoms with Crippen LogP contribution >= 0.6 is 11.6 Å². The Kier molecular flexibility index (Phi) is 4.43. The number of para-hydroxylation sites is 1. The number of rotatable bonds is 4. The highest BCUT2D eigenvalue weighted by Crippen LogP contribution is 2.23. The SMILES string of the molecule is O=C(NS(=O)(=O)c1ccccc1[N+](=O)[O-])c1cccc(Cl)c1. The fourth-order valence-electron chi connectivity index (χ4n) is 1.70. The van der Waals surface area contributed by atoms with Gasteiger partial charge in [-0.15, -0.1) is 0 Å². The van der Waals surface area contributed by atoms with Crippen LogP contribution in [0.5, 0.6) is 0 Å². The standard InChI is InChI=1S/C13H9ClN2O5S/c14-10-5-3-4-9(8-10)13(17)15-22(20,21)12-7-2-1-6-11(12)16(18)19/h1-8H,(H,15,17). The maximum absolute atomic E-state index is 12.2. The van der Waals surface area contributed by atoms with Crippen molar-refractivity contribution in [3.8, 4) is 0 Å². The molecule has 0 atom stereocenters. The second-order valence-corrected chi connectivity index (χ2v) is 6.26. The molecular weight excluding hydrogens is 332 g/mol. The van der Waals surface area contributed by atoms with Crippen LogP contribution in [0.3, 0.4) is 0 Å². The quantitative estimate of drug-likeness (QED) is 0.679. The first-order valence-electron chi connectivity index (χ1n) is 5.87. The molecule has 1 N–H and O–H groups in total. The number of amides is 1. The number of carbonyl (C=O) groups excluding carboxylic acids is 1. The van der Waals surface area contributed by atoms with Gasteiger partial charge in [-0.25, -0.2) is 13.1 Å². The molecule has 0 spiro atoms. The van der Waals surface area contributed by atoms with Gasteiger partial charge in [0.15, 0.2) is 4.90 Å². The van der Waals surface area contributed by atoms with E-state index in [-0.39, 0.29) is 10.6 Å². The van der Waals surface area contributed by atoms with Crippen molar-refractivity contribution >= 4 is 33.2 Å². The molecule has 0 aliphatic rings. The molecule has 7 nitrogen and oxygen atoms in total. The van der Waals surface area contributed by atoms with Gasteiger partial charge in [0, 0.05) is 16.7 Å². The molecule has 0 saturated carbocycles. The van der Waals surface area contributed by atoms with Crippen LogP contribution in [-0.4, -0.2) is 19.2 Å². The normalized spacial score (nSPS) is 11.0. The lowest BCUT2D eigenvalue weighted by Gasteiger charge is -2.07. The van der Waals surface area contributed by atoms with Gasteiger partial charge in [0.25, 0.3) is 21.6 Å². The van der Waals surface area contributed by atoms with Crippen molar-refractivity contribution in [2.24, 2.45) is 0 Å². The molecule has 114 valence electrons. The molecule has 9 heteroatoms. The minimum absolute atomic E-state index is 0.0228. The zero-order valence-corrected chi connectivity index (χ0v) is 12.5. The third kappa shape index (κ3) is 3.41. The number of nitrogens with zero attached hydrogens (tertiary/aromatic N) is 1. The molecular formula is C13H9ClN2O5S. The average Bonchev–Trinajstić information content (AvgIpc) is 2.46. The van der Waals surface area contributed by atoms with Gasteiger partial charge in [-0.2, -0.15) is 0 Å². The predicted molar refractivity (Wildman–Crippen MR) is 79.2 cm³/mol. The van der Waals surface area contributed by atoms with Crippen molar-refractivity contribution in [3.05, 3.63) is 69.2 Å². The minimum Gasteiger partial charge on any atom is -0.268 e. The molecule has 22 heavy (non-hydrogen) atoms. The molecule has 0 radical (unpaired) electrons. The highest BCUT2D eigenvalue weighted by atomic mass is 35.5. The summed E-state index contributed by atoms with van der Waals surface area (Å²) in [4.78, 5) is 21.4. The molecule has 2 aromatic carbocycles. The fourth-order valence-corrected chi connectivity index (χ4v) is 3.04. The molecule has 0 unspecified atom stereocenters. The van der Waals surface area contributed by atoms with E-state index in [1.165, 1.54) is 36.4 Å². The van der Waals surface area contributed by atoms with Crippen molar-refractivity contribution in [3.63, 3.8) is 0 Å². The van der Waals surface area contributed by atoms with E-state index in [0.717, 1.165) is 12.1 Å². The van der Waals surface area contributed by atoms with E-state index in [9.17, 15) is 23.3 Å². The summed E-state index contributed by atoms with van der Waals surface area (Å²) in [6, 6.07) is 10.4. The van der Waals surface area contributed by atoms with Gasteiger partial charge in [0.2, 0.25) is 0 Å². The Labute approximate surface area is 130 Å². The van der Waals surface area contributed by atoms with E-state index < -0.39 is 31.4 Å². The van der Waals surface area contributed by atoms with Crippen LogP contribution in [0.2, 0.25) is 5.02 Å². The van der Waals surface area contributed by atoms with E-state index in [2.05, 4.69) is 0 Å². The summed E-state index contributed by atoms with van der Waals surface area (Å²) in [5.41, 5.74) is -0.594. The lowest BCUT2D eigenvalue weighted by molar-refractivity contribution is -0.387. The van der Waals surface area contributed by atoms with Crippen molar-refractivity contribution in [2.75, 3.05) is 0 Å². The summed E-state index contributed by atoms with van der Waals surface area (Å²) < 4.78 is 26.1. The van der Waals surface area contributed by atoms with Gasteiger partial charge in [0.05, 0.1) is 4.92 Å². The molecule has 0 aromatic heterocycles. The summed E-state index contributed by atoms with van der Waals surface area (Å²) in [5.74, 6) is -0.930. The zero-order chi connectivity index (χ0) is 16.3. The largest absolute Gasteiger partial charge is 0.289 e. The second-order valence-electron chi connectivity index (χ2n) is 4.17. The molecule has 0 heterocycles. The van der Waals surface area contributed by atoms with Gasteiger partial charge in [-0.1, -0.05) is 29.8 Å². The molecule has 2 rings (SSSR count). The Morgan fingerprint density at radius 2 is 1.82 bits per heavy atom. The van der Waals surface area contributed by atoms with E-state index >= 15 is 0 Å². The Hall–Kier alpha value is -2.45. The number of nitro groups is 1. The van der Waals surface area contributed by atoms with Crippen molar-refractivity contribution < 1.29 is 18.1 Å². The first-order chi connectivity index (χ1) is 10.3. The minimum atomic E-state index is -4.38. The number of carbonyl (C=O) groups is 1. The molecule has 0 aliphatic carbocycles. The second kappa shape index (κ2) is 6.12. The van der Waals surface area contributed by atoms with Crippen LogP contribution in [0.15, 0.2) is 53.4 Å². The Morgan fingerprint density at radius 3 is 2.45 bits per heavy atom. The summed E-state index contributed by atoms with van der Waals surface area (Å²) in [6.45, 7) is 0. The maximum Gasteiger partial charge on any atom is 0.289 e. The van der Waals surface area contributed by atoms with Crippen LogP contribution in [0.1, 0.15) is 10.4 Å². The fraction of sp³-hybridized carbons (Fsp3) is 0. The van der Waals surface area contributed by atoms with E-state index in [4.69, 9.17) is 11.6 Å². The summed E-state index contributed by atoms with van der Waals surface area (Å²) in [6.07, 6.45) is 0. The molecule has 1 amide bonds. The average molecular weight is 341 g/mol. The van der Waals surface area contributed by atoms with E-state index in [0.29, 0.717) is 0 Å². The van der Waals surface area contributed by atoms with Crippen LogP contribution in [0, 0.1) is 10.1 Å². The van der Waals surface area contributed by atoms with E-state index in [1.807, 2.05) is 0 Å². The third-order valence-corrected chi connectivity index (χ3v) is 4.28. The lowest BCUT2D eigenvalue weighted by atomic mass is 10.2. The molecule has 0 saturated heterocycles. The van der Waals surface area contributed by atoms with Gasteiger partial charge < -0.3 is 0 Å². The molecule has 0 fully saturated rings. The van der Waals surface area contributed by atoms with E-state index in [1.54, 1.807) is 4.72 Å². The number of nitro benzene ring substituents is 1. The number of nitrogens with one attached hydrogen (secondary N) is 1. The lowest BCUT2D eigenvalue weighted by Crippen LogP contribution is -2.31. The Balaban J connectivity index is 2.37. The van der Waals surface area contributed by atoms with Gasteiger partial charge in [-0.05, 0) is 24.3 Å². The summed E-state index contributed by atoms with van der Waals surface area (Å²) in [5, 5.41) is 11.1. The van der Waals surface area contributed by atoms with Crippen molar-refractivity contribution in [1.29, 1.82) is 0 Å². The number of halogens is 1. The highest BCUT2D eigenvalue weighted by molar-refractivity contribution is 7.90. The monoisotopic (exact) mass is 340 g/mol. The van der Waals surface area contributed by atoms with Crippen LogP contribution in [0.4, 0.5) is 5.69 Å². The van der Waals surface area contributed by atoms with Gasteiger partial charge in [0.1, 0.15) is 0 Å². The molecule has 0 bridgehead atoms. The first kappa shape index (κ1) is 15.9. The van der Waals surface area contributed by atoms with Crippen LogP contribution in [0.25, 0.3) is 0 Å². The Bertz CT molecular complexity index is 851. The summed E-state index contributed by atoms with van der Waals surface area (Å²) in [7, 11) is -4.38. The zero-order valence-electron chi connectivity index (χ0n) is 10.9. The number of sulfonamides is 1. The molecule has 2 aromatic rings. The molecule has 0 aliphatic heterocycles. The van der Waals surface area contributed by atoms with Gasteiger partial charge >= 0.3 is 0 Å². The third-order valence-electron chi connectivity index (χ3n) is 2.67. The number of hydrogen-bond acceptors (Lipinski definition) is 5. The maximum atomic E-state index is 12.2. The summed E-state index contributed by atoms with van der Waals surface area (Å²) >= 11 is 5.73. The Morgan fingerprint density at radius 1 is 1.14 bits per heavy atom. The smallest absolute Gasteiger partial charge is 0.268 e. The number of benzene rings is 2. The van der Waals surface area contributed by atoms with Crippen LogP contribution < -0.4 is 4.72 Å². The topological polar surface area (TPSA) is 106 Å². The van der Waals surface area contributed by atoms with Gasteiger partial charge in [-0.3, -0.25) is 14.9 Å². The first-order valence-corrected chi connectivity index (χ1v) is 7.73. The van der Waals surface area contributed by atoms with Crippen molar-refractivity contribution in [1.82, 2.24) is 4.72 Å². The highest BCUT2D eigenvalue weighted by Gasteiger charge is 2.27. The predicted octanol–water partition coefficient (Wildman–Crippen LogP) is 2.37. The van der Waals surface area contributed by atoms with Crippen LogP contribution in [-0.2, 0) is 10.0 Å².